The second-order valence-corrected chi connectivity index (χ2v) is 7.89. The first kappa shape index (κ1) is 16.6. The van der Waals surface area contributed by atoms with Gasteiger partial charge in [0.25, 0.3) is 0 Å². The molecule has 0 bridgehead atoms. The summed E-state index contributed by atoms with van der Waals surface area (Å²) < 4.78 is 2.46. The Labute approximate surface area is 145 Å². The minimum Gasteiger partial charge on any atom is -0.374 e. The fraction of sp³-hybridized carbons (Fsp3) is 0.550. The Bertz CT molecular complexity index is 591. The molecule has 0 N–H and O–H groups in total. The van der Waals surface area contributed by atoms with Crippen LogP contribution in [0.2, 0.25) is 5.02 Å². The summed E-state index contributed by atoms with van der Waals surface area (Å²) in [5, 5.41) is 0.805. The van der Waals surface area contributed by atoms with E-state index in [9.17, 15) is 0 Å². The molecule has 2 heterocycles. The van der Waals surface area contributed by atoms with Crippen molar-refractivity contribution in [1.82, 2.24) is 4.90 Å². The first-order valence-corrected chi connectivity index (χ1v) is 9.23. The average molecular weight is 332 g/mol. The first-order chi connectivity index (χ1) is 11.0. The van der Waals surface area contributed by atoms with Crippen LogP contribution in [-0.2, 0) is 6.54 Å². The highest BCUT2D eigenvalue weighted by molar-refractivity contribution is 6.30. The van der Waals surface area contributed by atoms with Crippen molar-refractivity contribution < 1.29 is 4.58 Å². The van der Waals surface area contributed by atoms with E-state index >= 15 is 0 Å². The minimum atomic E-state index is 0.149. The topological polar surface area (TPSA) is 6.25 Å². The van der Waals surface area contributed by atoms with Crippen LogP contribution in [0.5, 0.6) is 0 Å². The Morgan fingerprint density at radius 3 is 2.30 bits per heavy atom. The molecule has 0 atom stereocenters. The molecule has 1 aromatic carbocycles. The summed E-state index contributed by atoms with van der Waals surface area (Å²) >= 11 is 5.99. The molecule has 1 saturated heterocycles. The van der Waals surface area contributed by atoms with E-state index in [1.54, 1.807) is 0 Å². The molecule has 3 heteroatoms. The molecule has 3 rings (SSSR count). The maximum absolute atomic E-state index is 5.99. The fourth-order valence-corrected chi connectivity index (χ4v) is 3.74. The summed E-state index contributed by atoms with van der Waals surface area (Å²) in [6, 6.07) is 8.21. The molecule has 124 valence electrons. The average Bonchev–Trinajstić information content (AvgIpc) is 2.80. The molecule has 0 aromatic heterocycles. The van der Waals surface area contributed by atoms with E-state index in [1.807, 2.05) is 12.1 Å². The second kappa shape index (κ2) is 7.09. The summed E-state index contributed by atoms with van der Waals surface area (Å²) in [6.45, 7) is 8.10. The number of nitrogens with zero attached hydrogens (tertiary/aromatic N) is 2. The van der Waals surface area contributed by atoms with Crippen LogP contribution in [0, 0.1) is 0 Å². The Kier molecular flexibility index (Phi) is 5.11. The molecule has 0 aliphatic carbocycles. The molecule has 1 fully saturated rings. The van der Waals surface area contributed by atoms with Crippen molar-refractivity contribution in [2.24, 2.45) is 0 Å². The quantitative estimate of drug-likeness (QED) is 0.716. The van der Waals surface area contributed by atoms with Crippen LogP contribution in [-0.4, -0.2) is 34.3 Å². The zero-order valence-corrected chi connectivity index (χ0v) is 15.1. The van der Waals surface area contributed by atoms with E-state index in [1.165, 1.54) is 50.0 Å². The van der Waals surface area contributed by atoms with Crippen molar-refractivity contribution in [2.45, 2.75) is 58.0 Å². The van der Waals surface area contributed by atoms with Crippen molar-refractivity contribution in [3.05, 3.63) is 46.6 Å². The van der Waals surface area contributed by atoms with Gasteiger partial charge in [-0.05, 0) is 25.0 Å². The van der Waals surface area contributed by atoms with Gasteiger partial charge in [0, 0.05) is 49.3 Å². The summed E-state index contributed by atoms with van der Waals surface area (Å²) in [6.07, 6.45) is 11.2. The summed E-state index contributed by atoms with van der Waals surface area (Å²) in [5.41, 5.74) is 2.98. The van der Waals surface area contributed by atoms with Gasteiger partial charge in [0.05, 0.1) is 6.42 Å². The van der Waals surface area contributed by atoms with Crippen molar-refractivity contribution in [2.75, 3.05) is 13.1 Å². The predicted molar refractivity (Wildman–Crippen MR) is 98.3 cm³/mol. The van der Waals surface area contributed by atoms with Crippen LogP contribution in [0.25, 0.3) is 0 Å². The summed E-state index contributed by atoms with van der Waals surface area (Å²) in [7, 11) is 0. The molecule has 0 unspecified atom stereocenters. The van der Waals surface area contributed by atoms with Crippen molar-refractivity contribution >= 4 is 17.8 Å². The maximum atomic E-state index is 5.99. The Balaban J connectivity index is 1.76. The van der Waals surface area contributed by atoms with E-state index in [-0.39, 0.29) is 5.54 Å². The van der Waals surface area contributed by atoms with E-state index in [2.05, 4.69) is 47.7 Å². The maximum Gasteiger partial charge on any atom is 0.168 e. The third kappa shape index (κ3) is 4.17. The lowest BCUT2D eigenvalue weighted by Crippen LogP contribution is -2.42. The number of benzene rings is 1. The van der Waals surface area contributed by atoms with Crippen LogP contribution >= 0.6 is 11.6 Å². The van der Waals surface area contributed by atoms with Gasteiger partial charge in [0.1, 0.15) is 0 Å². The molecule has 2 nitrogen and oxygen atoms in total. The molecule has 23 heavy (non-hydrogen) atoms. The van der Waals surface area contributed by atoms with Gasteiger partial charge in [-0.15, -0.1) is 0 Å². The lowest BCUT2D eigenvalue weighted by molar-refractivity contribution is -0.612. The molecular weight excluding hydrogens is 304 g/mol. The van der Waals surface area contributed by atoms with E-state index in [0.29, 0.717) is 0 Å². The smallest absolute Gasteiger partial charge is 0.168 e. The van der Waals surface area contributed by atoms with Gasteiger partial charge in [-0.2, -0.15) is 0 Å². The van der Waals surface area contributed by atoms with E-state index in [0.717, 1.165) is 18.0 Å². The lowest BCUT2D eigenvalue weighted by Gasteiger charge is -2.33. The van der Waals surface area contributed by atoms with Crippen LogP contribution in [0.15, 0.2) is 36.0 Å². The minimum absolute atomic E-state index is 0.149. The molecule has 0 amide bonds. The monoisotopic (exact) mass is 331 g/mol. The van der Waals surface area contributed by atoms with Crippen LogP contribution in [0.1, 0.15) is 51.5 Å². The Morgan fingerprint density at radius 1 is 1.04 bits per heavy atom. The number of allylic oxidation sites excluding steroid dienone is 1. The number of hydrogen-bond donors (Lipinski definition) is 0. The standard InChI is InChI=1S/C20H28ClN2/c1-20(2)15-19(22-12-5-3-4-6-13-22)11-14-23(20)16-17-7-9-18(21)10-8-17/h7-11,14H,3-6,12-13,15-16H2,1-2H3/q+1. The zero-order valence-electron chi connectivity index (χ0n) is 14.4. The molecule has 1 aromatic rings. The molecule has 0 radical (unpaired) electrons. The number of hydrogen-bond acceptors (Lipinski definition) is 1. The zero-order chi connectivity index (χ0) is 16.3. The van der Waals surface area contributed by atoms with Gasteiger partial charge >= 0.3 is 0 Å². The van der Waals surface area contributed by atoms with Crippen molar-refractivity contribution in [3.63, 3.8) is 0 Å². The van der Waals surface area contributed by atoms with Gasteiger partial charge in [-0.25, -0.2) is 4.58 Å². The fourth-order valence-electron chi connectivity index (χ4n) is 3.61. The van der Waals surface area contributed by atoms with Gasteiger partial charge in [0.15, 0.2) is 18.3 Å². The van der Waals surface area contributed by atoms with E-state index in [4.69, 9.17) is 11.6 Å². The number of rotatable bonds is 3. The highest BCUT2D eigenvalue weighted by atomic mass is 35.5. The molecule has 2 aliphatic rings. The third-order valence-electron chi connectivity index (χ3n) is 5.12. The highest BCUT2D eigenvalue weighted by Crippen LogP contribution is 2.28. The molecule has 0 saturated carbocycles. The highest BCUT2D eigenvalue weighted by Gasteiger charge is 2.35. The second-order valence-electron chi connectivity index (χ2n) is 7.45. The lowest BCUT2D eigenvalue weighted by atomic mass is 9.93. The van der Waals surface area contributed by atoms with Gasteiger partial charge in [0.2, 0.25) is 0 Å². The Hall–Kier alpha value is -1.28. The van der Waals surface area contributed by atoms with Crippen molar-refractivity contribution in [3.8, 4) is 0 Å². The molecule has 2 aliphatic heterocycles. The molecular formula is C20H28ClN2+. The SMILES string of the molecule is CC1(C)CC(N2CCCCCC2)=CC=[N+]1Cc1ccc(Cl)cc1. The van der Waals surface area contributed by atoms with E-state index < -0.39 is 0 Å². The summed E-state index contributed by atoms with van der Waals surface area (Å²) in [5.74, 6) is 0. The third-order valence-corrected chi connectivity index (χ3v) is 5.37. The number of likely N-dealkylation sites (tertiary alicyclic amines) is 1. The van der Waals surface area contributed by atoms with Crippen LogP contribution < -0.4 is 0 Å². The van der Waals surface area contributed by atoms with Crippen molar-refractivity contribution in [1.29, 1.82) is 0 Å². The van der Waals surface area contributed by atoms with Crippen LogP contribution in [0.3, 0.4) is 0 Å². The van der Waals surface area contributed by atoms with Gasteiger partial charge in [-0.1, -0.05) is 36.6 Å². The summed E-state index contributed by atoms with van der Waals surface area (Å²) in [4.78, 5) is 2.62. The first-order valence-electron chi connectivity index (χ1n) is 8.85. The normalized spacial score (nSPS) is 21.4. The largest absolute Gasteiger partial charge is 0.374 e. The van der Waals surface area contributed by atoms with Gasteiger partial charge in [-0.3, -0.25) is 0 Å². The van der Waals surface area contributed by atoms with Gasteiger partial charge < -0.3 is 4.90 Å². The Morgan fingerprint density at radius 2 is 1.70 bits per heavy atom. The predicted octanol–water partition coefficient (Wildman–Crippen LogP) is 4.87. The molecule has 0 spiro atoms. The van der Waals surface area contributed by atoms with Crippen LogP contribution in [0.4, 0.5) is 0 Å². The number of halogens is 1.